The van der Waals surface area contributed by atoms with Crippen LogP contribution in [0.5, 0.6) is 0 Å². The summed E-state index contributed by atoms with van der Waals surface area (Å²) in [6, 6.07) is 12.3. The Hall–Kier alpha value is -2.13. The summed E-state index contributed by atoms with van der Waals surface area (Å²) < 4.78 is 2.06. The van der Waals surface area contributed by atoms with E-state index in [1.54, 1.807) is 12.4 Å². The molecule has 0 unspecified atom stereocenters. The third-order valence-corrected chi connectivity index (χ3v) is 4.40. The second kappa shape index (κ2) is 12.4. The number of imidazole rings is 1. The Morgan fingerprint density at radius 1 is 1.14 bits per heavy atom. The molecule has 0 saturated carbocycles. The Kier molecular flexibility index (Phi) is 9.93. The molecule has 2 aromatic heterocycles. The van der Waals surface area contributed by atoms with E-state index in [0.717, 1.165) is 37.6 Å². The Bertz CT molecular complexity index is 880. The normalized spacial score (nSPS) is 11.0. The first-order valence-electron chi connectivity index (χ1n) is 9.39. The molecule has 0 saturated heterocycles. The molecule has 0 aliphatic heterocycles. The summed E-state index contributed by atoms with van der Waals surface area (Å²) in [6.45, 7) is 5.08. The van der Waals surface area contributed by atoms with Crippen LogP contribution in [0.3, 0.4) is 0 Å². The van der Waals surface area contributed by atoms with Crippen molar-refractivity contribution in [1.82, 2.24) is 25.2 Å². The molecule has 0 amide bonds. The fourth-order valence-electron chi connectivity index (χ4n) is 2.81. The van der Waals surface area contributed by atoms with Gasteiger partial charge in [-0.15, -0.1) is 24.0 Å². The van der Waals surface area contributed by atoms with E-state index < -0.39 is 0 Å². The average molecular weight is 525 g/mol. The van der Waals surface area contributed by atoms with Crippen LogP contribution in [-0.4, -0.2) is 33.6 Å². The van der Waals surface area contributed by atoms with Crippen LogP contribution in [0.1, 0.15) is 23.6 Å². The zero-order valence-electron chi connectivity index (χ0n) is 16.4. The summed E-state index contributed by atoms with van der Waals surface area (Å²) in [4.78, 5) is 12.9. The number of benzene rings is 1. The maximum Gasteiger partial charge on any atom is 0.191 e. The average Bonchev–Trinajstić information content (AvgIpc) is 3.21. The molecule has 6 nitrogen and oxygen atoms in total. The Morgan fingerprint density at radius 3 is 2.72 bits per heavy atom. The van der Waals surface area contributed by atoms with Crippen molar-refractivity contribution in [3.05, 3.63) is 83.2 Å². The number of aliphatic imine (C=N–C) groups is 1. The monoisotopic (exact) mass is 524 g/mol. The summed E-state index contributed by atoms with van der Waals surface area (Å²) in [5, 5.41) is 7.18. The van der Waals surface area contributed by atoms with E-state index in [4.69, 9.17) is 16.6 Å². The van der Waals surface area contributed by atoms with E-state index in [2.05, 4.69) is 56.4 Å². The molecule has 3 rings (SSSR count). The molecule has 2 heterocycles. The van der Waals surface area contributed by atoms with E-state index in [0.29, 0.717) is 11.7 Å². The van der Waals surface area contributed by atoms with Crippen molar-refractivity contribution in [3.63, 3.8) is 0 Å². The highest BCUT2D eigenvalue weighted by Crippen LogP contribution is 2.09. The van der Waals surface area contributed by atoms with Gasteiger partial charge in [-0.3, -0.25) is 0 Å². The number of guanidine groups is 1. The van der Waals surface area contributed by atoms with Crippen LogP contribution >= 0.6 is 35.6 Å². The van der Waals surface area contributed by atoms with Crippen molar-refractivity contribution in [2.75, 3.05) is 13.1 Å². The molecular formula is C21H26ClIN6. The molecule has 0 spiro atoms. The van der Waals surface area contributed by atoms with Gasteiger partial charge in [-0.2, -0.15) is 0 Å². The fraction of sp³-hybridized carbons (Fsp3) is 0.286. The van der Waals surface area contributed by atoms with Crippen molar-refractivity contribution in [1.29, 1.82) is 0 Å². The molecule has 3 aromatic rings. The lowest BCUT2D eigenvalue weighted by atomic mass is 10.1. The van der Waals surface area contributed by atoms with Crippen LogP contribution in [0.2, 0.25) is 5.15 Å². The van der Waals surface area contributed by atoms with Crippen molar-refractivity contribution < 1.29 is 0 Å². The van der Waals surface area contributed by atoms with E-state index in [1.807, 2.05) is 24.7 Å². The van der Waals surface area contributed by atoms with Gasteiger partial charge in [-0.25, -0.2) is 15.0 Å². The molecule has 0 radical (unpaired) electrons. The van der Waals surface area contributed by atoms with E-state index in [9.17, 15) is 0 Å². The number of aromatic nitrogens is 3. The molecule has 1 aromatic carbocycles. The standard InChI is InChI=1S/C21H25ClN6.HI/c1-2-24-21(25-9-8-17-6-7-20(22)26-13-17)27-14-18-4-3-5-19(12-18)15-28-11-10-23-16-28;/h3-7,10-13,16H,2,8-9,14-15H2,1H3,(H2,24,25,27);1H. The first kappa shape index (κ1) is 23.2. The van der Waals surface area contributed by atoms with Gasteiger partial charge in [0.25, 0.3) is 0 Å². The van der Waals surface area contributed by atoms with E-state index >= 15 is 0 Å². The van der Waals surface area contributed by atoms with Crippen LogP contribution < -0.4 is 10.6 Å². The highest BCUT2D eigenvalue weighted by atomic mass is 127. The van der Waals surface area contributed by atoms with Crippen LogP contribution in [0, 0.1) is 0 Å². The Morgan fingerprint density at radius 2 is 2.00 bits per heavy atom. The van der Waals surface area contributed by atoms with Gasteiger partial charge in [0.1, 0.15) is 5.15 Å². The molecule has 0 bridgehead atoms. The zero-order chi connectivity index (χ0) is 19.6. The van der Waals surface area contributed by atoms with Crippen LogP contribution in [-0.2, 0) is 19.5 Å². The minimum Gasteiger partial charge on any atom is -0.357 e. The third-order valence-electron chi connectivity index (χ3n) is 4.17. The number of nitrogens with zero attached hydrogens (tertiary/aromatic N) is 4. The smallest absolute Gasteiger partial charge is 0.191 e. The number of rotatable bonds is 8. The number of hydrogen-bond acceptors (Lipinski definition) is 3. The maximum atomic E-state index is 5.83. The molecule has 0 atom stereocenters. The number of nitrogens with one attached hydrogen (secondary N) is 2. The van der Waals surface area contributed by atoms with Crippen molar-refractivity contribution >= 4 is 41.5 Å². The van der Waals surface area contributed by atoms with Gasteiger partial charge in [0.05, 0.1) is 12.9 Å². The first-order valence-corrected chi connectivity index (χ1v) is 9.77. The minimum absolute atomic E-state index is 0. The van der Waals surface area contributed by atoms with Crippen LogP contribution in [0.4, 0.5) is 0 Å². The summed E-state index contributed by atoms with van der Waals surface area (Å²) in [7, 11) is 0. The van der Waals surface area contributed by atoms with Crippen molar-refractivity contribution in [2.24, 2.45) is 4.99 Å². The van der Waals surface area contributed by atoms with Gasteiger partial charge >= 0.3 is 0 Å². The molecule has 8 heteroatoms. The van der Waals surface area contributed by atoms with E-state index in [1.165, 1.54) is 11.1 Å². The summed E-state index contributed by atoms with van der Waals surface area (Å²) in [5.74, 6) is 0.810. The fourth-order valence-corrected chi connectivity index (χ4v) is 2.92. The van der Waals surface area contributed by atoms with Gasteiger partial charge in [0.2, 0.25) is 0 Å². The molecule has 154 valence electrons. The van der Waals surface area contributed by atoms with Crippen molar-refractivity contribution in [2.45, 2.75) is 26.4 Å². The lowest BCUT2D eigenvalue weighted by Crippen LogP contribution is -2.38. The molecule has 0 aliphatic carbocycles. The highest BCUT2D eigenvalue weighted by Gasteiger charge is 2.01. The van der Waals surface area contributed by atoms with Gasteiger partial charge in [0, 0.05) is 38.2 Å². The second-order valence-corrected chi connectivity index (χ2v) is 6.80. The Labute approximate surface area is 193 Å². The predicted molar refractivity (Wildman–Crippen MR) is 129 cm³/mol. The predicted octanol–water partition coefficient (Wildman–Crippen LogP) is 3.90. The number of pyridine rings is 1. The summed E-state index contributed by atoms with van der Waals surface area (Å²) in [6.07, 6.45) is 8.25. The van der Waals surface area contributed by atoms with Gasteiger partial charge < -0.3 is 15.2 Å². The summed E-state index contributed by atoms with van der Waals surface area (Å²) >= 11 is 5.83. The minimum atomic E-state index is 0. The topological polar surface area (TPSA) is 67.1 Å². The molecular weight excluding hydrogens is 499 g/mol. The highest BCUT2D eigenvalue weighted by molar-refractivity contribution is 14.0. The lowest BCUT2D eigenvalue weighted by molar-refractivity contribution is 0.790. The molecule has 29 heavy (non-hydrogen) atoms. The van der Waals surface area contributed by atoms with Crippen LogP contribution in [0.25, 0.3) is 0 Å². The van der Waals surface area contributed by atoms with Crippen molar-refractivity contribution in [3.8, 4) is 0 Å². The van der Waals surface area contributed by atoms with Crippen LogP contribution in [0.15, 0.2) is 66.3 Å². The van der Waals surface area contributed by atoms with Gasteiger partial charge in [-0.1, -0.05) is 41.9 Å². The quantitative estimate of drug-likeness (QED) is 0.203. The maximum absolute atomic E-state index is 5.83. The van der Waals surface area contributed by atoms with Gasteiger partial charge in [0.15, 0.2) is 5.96 Å². The summed E-state index contributed by atoms with van der Waals surface area (Å²) in [5.41, 5.74) is 3.55. The molecule has 0 aliphatic rings. The Balaban J connectivity index is 0.00000300. The zero-order valence-corrected chi connectivity index (χ0v) is 19.5. The number of halogens is 2. The molecule has 0 fully saturated rings. The lowest BCUT2D eigenvalue weighted by Gasteiger charge is -2.11. The molecule has 2 N–H and O–H groups in total. The SMILES string of the molecule is CCNC(=NCc1cccc(Cn2ccnc2)c1)NCCc1ccc(Cl)nc1.I. The first-order chi connectivity index (χ1) is 13.7. The third kappa shape index (κ3) is 8.02. The van der Waals surface area contributed by atoms with Gasteiger partial charge in [-0.05, 0) is 36.1 Å². The number of hydrogen-bond donors (Lipinski definition) is 2. The largest absolute Gasteiger partial charge is 0.357 e. The van der Waals surface area contributed by atoms with E-state index in [-0.39, 0.29) is 24.0 Å². The second-order valence-electron chi connectivity index (χ2n) is 6.42.